The number of halogens is 1. The van der Waals surface area contributed by atoms with Crippen LogP contribution in [0.1, 0.15) is 29.6 Å². The van der Waals surface area contributed by atoms with Gasteiger partial charge in [-0.25, -0.2) is 4.39 Å². The number of hydrogen-bond donors (Lipinski definition) is 1. The molecule has 2 rings (SSSR count). The summed E-state index contributed by atoms with van der Waals surface area (Å²) in [6.45, 7) is 0.395. The van der Waals surface area contributed by atoms with Crippen molar-refractivity contribution in [3.05, 3.63) is 29.6 Å². The van der Waals surface area contributed by atoms with Gasteiger partial charge in [0.05, 0.1) is 18.2 Å². The second kappa shape index (κ2) is 5.05. The number of carbonyl (C=O) groups excluding carboxylic acids is 1. The van der Waals surface area contributed by atoms with Crippen molar-refractivity contribution in [1.29, 1.82) is 5.26 Å². The van der Waals surface area contributed by atoms with Crippen LogP contribution in [0.3, 0.4) is 0 Å². The summed E-state index contributed by atoms with van der Waals surface area (Å²) < 4.78 is 13.3. The van der Waals surface area contributed by atoms with Gasteiger partial charge in [0.15, 0.2) is 0 Å². The average Bonchev–Trinajstić information content (AvgIpc) is 3.17. The van der Waals surface area contributed by atoms with Gasteiger partial charge in [0.25, 0.3) is 5.91 Å². The molecule has 18 heavy (non-hydrogen) atoms. The highest BCUT2D eigenvalue weighted by Crippen LogP contribution is 2.28. The Morgan fingerprint density at radius 2 is 2.28 bits per heavy atom. The molecular weight excluding hydrogens is 233 g/mol. The van der Waals surface area contributed by atoms with Gasteiger partial charge in [0.2, 0.25) is 0 Å². The predicted octanol–water partition coefficient (Wildman–Crippen LogP) is 1.93. The second-order valence-corrected chi connectivity index (χ2v) is 4.37. The first-order valence-electron chi connectivity index (χ1n) is 5.86. The number of nitrogens with zero attached hydrogens (tertiary/aromatic N) is 2. The Bertz CT molecular complexity index is 505. The minimum absolute atomic E-state index is 0.0292. The fraction of sp³-hybridized carbons (Fsp3) is 0.385. The van der Waals surface area contributed by atoms with Crippen LogP contribution in [-0.4, -0.2) is 23.4 Å². The number of nitrogens with two attached hydrogens (primary N) is 1. The summed E-state index contributed by atoms with van der Waals surface area (Å²) in [6, 6.07) is 6.28. The van der Waals surface area contributed by atoms with Crippen LogP contribution in [0, 0.1) is 17.1 Å². The fourth-order valence-corrected chi connectivity index (χ4v) is 1.83. The highest BCUT2D eigenvalue weighted by molar-refractivity contribution is 5.95. The Morgan fingerprint density at radius 3 is 2.83 bits per heavy atom. The zero-order valence-electron chi connectivity index (χ0n) is 9.90. The van der Waals surface area contributed by atoms with E-state index in [1.165, 1.54) is 12.1 Å². The van der Waals surface area contributed by atoms with Crippen molar-refractivity contribution in [1.82, 2.24) is 4.90 Å². The van der Waals surface area contributed by atoms with E-state index in [0.29, 0.717) is 13.0 Å². The van der Waals surface area contributed by atoms with Gasteiger partial charge >= 0.3 is 0 Å². The molecule has 1 aliphatic carbocycles. The molecule has 0 radical (unpaired) electrons. The van der Waals surface area contributed by atoms with E-state index in [2.05, 4.69) is 0 Å². The fourth-order valence-electron chi connectivity index (χ4n) is 1.83. The third kappa shape index (κ3) is 2.59. The molecule has 0 saturated heterocycles. The first-order chi connectivity index (χ1) is 8.63. The Kier molecular flexibility index (Phi) is 3.47. The first kappa shape index (κ1) is 12.4. The molecule has 1 aromatic rings. The van der Waals surface area contributed by atoms with Gasteiger partial charge in [0.1, 0.15) is 5.82 Å². The maximum absolute atomic E-state index is 13.3. The standard InChI is InChI=1S/C13H14FN3O/c14-11-8-9(2-5-12(11)16)13(18)17(7-1-6-15)10-3-4-10/h2,5,8,10H,1,3-4,7,16H2. The van der Waals surface area contributed by atoms with Crippen LogP contribution in [0.5, 0.6) is 0 Å². The second-order valence-electron chi connectivity index (χ2n) is 4.37. The number of anilines is 1. The molecule has 0 heterocycles. The van der Waals surface area contributed by atoms with Crippen LogP contribution in [0.15, 0.2) is 18.2 Å². The number of carbonyl (C=O) groups is 1. The quantitative estimate of drug-likeness (QED) is 0.826. The van der Waals surface area contributed by atoms with E-state index >= 15 is 0 Å². The molecule has 0 atom stereocenters. The molecule has 2 N–H and O–H groups in total. The monoisotopic (exact) mass is 247 g/mol. The first-order valence-corrected chi connectivity index (χ1v) is 5.86. The Balaban J connectivity index is 2.17. The number of hydrogen-bond acceptors (Lipinski definition) is 3. The van der Waals surface area contributed by atoms with E-state index in [4.69, 9.17) is 11.0 Å². The predicted molar refractivity (Wildman–Crippen MR) is 65.1 cm³/mol. The lowest BCUT2D eigenvalue weighted by Gasteiger charge is -2.21. The largest absolute Gasteiger partial charge is 0.396 e. The van der Waals surface area contributed by atoms with Crippen molar-refractivity contribution >= 4 is 11.6 Å². The normalized spacial score (nSPS) is 14.0. The Morgan fingerprint density at radius 1 is 1.56 bits per heavy atom. The number of amides is 1. The van der Waals surface area contributed by atoms with Gasteiger partial charge in [-0.05, 0) is 31.0 Å². The van der Waals surface area contributed by atoms with Crippen LogP contribution in [0.2, 0.25) is 0 Å². The molecule has 94 valence electrons. The third-order valence-corrected chi connectivity index (χ3v) is 2.96. The molecule has 4 nitrogen and oxygen atoms in total. The summed E-state index contributed by atoms with van der Waals surface area (Å²) in [4.78, 5) is 13.9. The van der Waals surface area contributed by atoms with Crippen LogP contribution in [0.4, 0.5) is 10.1 Å². The SMILES string of the molecule is N#CCCN(C(=O)c1ccc(N)c(F)c1)C1CC1. The van der Waals surface area contributed by atoms with Crippen molar-refractivity contribution in [3.8, 4) is 6.07 Å². The zero-order valence-corrected chi connectivity index (χ0v) is 9.90. The number of rotatable bonds is 4. The van der Waals surface area contributed by atoms with Crippen molar-refractivity contribution in [3.63, 3.8) is 0 Å². The highest BCUT2D eigenvalue weighted by Gasteiger charge is 2.32. The lowest BCUT2D eigenvalue weighted by atomic mass is 10.1. The Hall–Kier alpha value is -2.09. The van der Waals surface area contributed by atoms with Gasteiger partial charge in [-0.2, -0.15) is 5.26 Å². The van der Waals surface area contributed by atoms with E-state index in [0.717, 1.165) is 18.9 Å². The van der Waals surface area contributed by atoms with Gasteiger partial charge in [-0.1, -0.05) is 0 Å². The molecule has 0 unspecified atom stereocenters. The number of nitriles is 1. The summed E-state index contributed by atoms with van der Waals surface area (Å²) in [5.41, 5.74) is 5.69. The molecule has 1 fully saturated rings. The summed E-state index contributed by atoms with van der Waals surface area (Å²) in [6.07, 6.45) is 2.20. The lowest BCUT2D eigenvalue weighted by Crippen LogP contribution is -2.34. The maximum atomic E-state index is 13.3. The molecular formula is C13H14FN3O. The van der Waals surface area contributed by atoms with E-state index in [9.17, 15) is 9.18 Å². The Labute approximate surface area is 105 Å². The molecule has 1 amide bonds. The van der Waals surface area contributed by atoms with Crippen molar-refractivity contribution in [2.45, 2.75) is 25.3 Å². The van der Waals surface area contributed by atoms with Gasteiger partial charge in [0, 0.05) is 18.2 Å². The van der Waals surface area contributed by atoms with E-state index < -0.39 is 5.82 Å². The van der Waals surface area contributed by atoms with Crippen LogP contribution in [0.25, 0.3) is 0 Å². The molecule has 1 aliphatic rings. The van der Waals surface area contributed by atoms with Crippen LogP contribution >= 0.6 is 0 Å². The lowest BCUT2D eigenvalue weighted by molar-refractivity contribution is 0.0746. The molecule has 0 bridgehead atoms. The minimum atomic E-state index is -0.586. The van der Waals surface area contributed by atoms with Crippen molar-refractivity contribution in [2.24, 2.45) is 0 Å². The summed E-state index contributed by atoms with van der Waals surface area (Å²) in [7, 11) is 0. The van der Waals surface area contributed by atoms with Crippen molar-refractivity contribution < 1.29 is 9.18 Å². The molecule has 0 spiro atoms. The maximum Gasteiger partial charge on any atom is 0.254 e. The topological polar surface area (TPSA) is 70.1 Å². The molecule has 1 saturated carbocycles. The molecule has 5 heteroatoms. The van der Waals surface area contributed by atoms with E-state index in [1.54, 1.807) is 4.90 Å². The summed E-state index contributed by atoms with van der Waals surface area (Å²) in [5, 5.41) is 8.59. The summed E-state index contributed by atoms with van der Waals surface area (Å²) in [5.74, 6) is -0.816. The third-order valence-electron chi connectivity index (χ3n) is 2.96. The van der Waals surface area contributed by atoms with Gasteiger partial charge in [-0.3, -0.25) is 4.79 Å². The van der Waals surface area contributed by atoms with Gasteiger partial charge < -0.3 is 10.6 Å². The minimum Gasteiger partial charge on any atom is -0.396 e. The average molecular weight is 247 g/mol. The van der Waals surface area contributed by atoms with Crippen molar-refractivity contribution in [2.75, 3.05) is 12.3 Å². The summed E-state index contributed by atoms with van der Waals surface area (Å²) >= 11 is 0. The van der Waals surface area contributed by atoms with Gasteiger partial charge in [-0.15, -0.1) is 0 Å². The zero-order chi connectivity index (χ0) is 13.1. The molecule has 0 aliphatic heterocycles. The molecule has 0 aromatic heterocycles. The van der Waals surface area contributed by atoms with Crippen LogP contribution < -0.4 is 5.73 Å². The highest BCUT2D eigenvalue weighted by atomic mass is 19.1. The molecule has 1 aromatic carbocycles. The van der Waals surface area contributed by atoms with Crippen LogP contribution in [-0.2, 0) is 0 Å². The van der Waals surface area contributed by atoms with E-state index in [-0.39, 0.29) is 23.2 Å². The number of benzene rings is 1. The smallest absolute Gasteiger partial charge is 0.254 e. The number of nitrogen functional groups attached to an aromatic ring is 1. The van der Waals surface area contributed by atoms with E-state index in [1.807, 2.05) is 6.07 Å².